The van der Waals surface area contributed by atoms with E-state index in [0.717, 1.165) is 15.8 Å². The van der Waals surface area contributed by atoms with Gasteiger partial charge in [-0.2, -0.15) is 0 Å². The molecule has 0 aromatic heterocycles. The van der Waals surface area contributed by atoms with Crippen molar-refractivity contribution in [2.45, 2.75) is 12.6 Å². The van der Waals surface area contributed by atoms with Crippen LogP contribution in [0.1, 0.15) is 5.56 Å². The Morgan fingerprint density at radius 3 is 3.05 bits per heavy atom. The van der Waals surface area contributed by atoms with E-state index in [1.165, 1.54) is 0 Å². The van der Waals surface area contributed by atoms with Crippen LogP contribution < -0.4 is 10.5 Å². The number of hydrogen-bond acceptors (Lipinski definition) is 4. The Kier molecular flexibility index (Phi) is 4.79. The van der Waals surface area contributed by atoms with Crippen LogP contribution in [-0.2, 0) is 16.1 Å². The number of methoxy groups -OCH3 is 1. The number of rotatable bonds is 4. The van der Waals surface area contributed by atoms with Crippen LogP contribution in [0.4, 0.5) is 0 Å². The number of nitrogens with zero attached hydrogens (tertiary/aromatic N) is 1. The monoisotopic (exact) mass is 328 g/mol. The number of halogens is 1. The number of carbonyl (C=O) groups excluding carboxylic acids is 1. The van der Waals surface area contributed by atoms with E-state index in [1.807, 2.05) is 23.1 Å². The van der Waals surface area contributed by atoms with E-state index in [0.29, 0.717) is 26.3 Å². The van der Waals surface area contributed by atoms with Gasteiger partial charge in [-0.1, -0.05) is 6.07 Å². The summed E-state index contributed by atoms with van der Waals surface area (Å²) in [5.74, 6) is 0.449. The Labute approximate surface area is 120 Å². The molecule has 0 aliphatic carbocycles. The number of amides is 1. The Hall–Kier alpha value is -1.11. The van der Waals surface area contributed by atoms with Crippen molar-refractivity contribution in [1.82, 2.24) is 4.90 Å². The average molecular weight is 329 g/mol. The number of benzene rings is 1. The van der Waals surface area contributed by atoms with Crippen LogP contribution in [0, 0.1) is 0 Å². The molecular formula is C13H17BrN2O3. The Balaban J connectivity index is 2.10. The molecule has 1 unspecified atom stereocenters. The second-order valence-corrected chi connectivity index (χ2v) is 5.29. The van der Waals surface area contributed by atoms with Crippen LogP contribution >= 0.6 is 15.9 Å². The van der Waals surface area contributed by atoms with Crippen molar-refractivity contribution in [3.05, 3.63) is 28.2 Å². The molecule has 104 valence electrons. The molecule has 1 amide bonds. The number of hydrogen-bond donors (Lipinski definition) is 1. The molecule has 19 heavy (non-hydrogen) atoms. The van der Waals surface area contributed by atoms with E-state index in [9.17, 15) is 4.79 Å². The van der Waals surface area contributed by atoms with E-state index in [1.54, 1.807) is 7.11 Å². The highest BCUT2D eigenvalue weighted by Crippen LogP contribution is 2.26. The maximum absolute atomic E-state index is 11.4. The Morgan fingerprint density at radius 2 is 2.42 bits per heavy atom. The average Bonchev–Trinajstić information content (AvgIpc) is 2.39. The number of primary amides is 1. The molecule has 1 fully saturated rings. The smallest absolute Gasteiger partial charge is 0.237 e. The van der Waals surface area contributed by atoms with Crippen molar-refractivity contribution < 1.29 is 14.3 Å². The van der Waals surface area contributed by atoms with Gasteiger partial charge in [0, 0.05) is 13.1 Å². The van der Waals surface area contributed by atoms with Crippen LogP contribution in [0.5, 0.6) is 5.75 Å². The molecule has 0 spiro atoms. The zero-order valence-corrected chi connectivity index (χ0v) is 12.4. The van der Waals surface area contributed by atoms with Crippen LogP contribution in [-0.4, -0.2) is 43.7 Å². The highest BCUT2D eigenvalue weighted by molar-refractivity contribution is 9.10. The quantitative estimate of drug-likeness (QED) is 0.900. The van der Waals surface area contributed by atoms with Crippen molar-refractivity contribution >= 4 is 21.8 Å². The number of ether oxygens (including phenoxy) is 2. The minimum Gasteiger partial charge on any atom is -0.496 e. The highest BCUT2D eigenvalue weighted by Gasteiger charge is 2.27. The van der Waals surface area contributed by atoms with Gasteiger partial charge in [-0.15, -0.1) is 0 Å². The third kappa shape index (κ3) is 3.46. The largest absolute Gasteiger partial charge is 0.496 e. The first-order chi connectivity index (χ1) is 9.11. The molecule has 0 radical (unpaired) electrons. The third-order valence-electron chi connectivity index (χ3n) is 3.17. The molecule has 1 aromatic carbocycles. The fraction of sp³-hybridized carbons (Fsp3) is 0.462. The second kappa shape index (κ2) is 6.36. The summed E-state index contributed by atoms with van der Waals surface area (Å²) < 4.78 is 11.4. The number of nitrogens with two attached hydrogens (primary N) is 1. The summed E-state index contributed by atoms with van der Waals surface area (Å²) in [7, 11) is 1.63. The molecule has 1 atom stereocenters. The lowest BCUT2D eigenvalue weighted by Gasteiger charge is -2.33. The topological polar surface area (TPSA) is 64.8 Å². The first-order valence-electron chi connectivity index (χ1n) is 6.05. The minimum atomic E-state index is -0.352. The fourth-order valence-electron chi connectivity index (χ4n) is 2.13. The molecular weight excluding hydrogens is 312 g/mol. The number of carbonyl (C=O) groups is 1. The molecule has 1 saturated heterocycles. The Bertz CT molecular complexity index is 467. The van der Waals surface area contributed by atoms with Crippen molar-refractivity contribution in [3.63, 3.8) is 0 Å². The van der Waals surface area contributed by atoms with Gasteiger partial charge < -0.3 is 15.2 Å². The summed E-state index contributed by atoms with van der Waals surface area (Å²) in [6.07, 6.45) is 0. The predicted molar refractivity (Wildman–Crippen MR) is 74.9 cm³/mol. The Morgan fingerprint density at radius 1 is 1.63 bits per heavy atom. The maximum Gasteiger partial charge on any atom is 0.237 e. The van der Waals surface area contributed by atoms with Crippen LogP contribution in [0.3, 0.4) is 0 Å². The molecule has 0 saturated carbocycles. The van der Waals surface area contributed by atoms with Gasteiger partial charge in [-0.3, -0.25) is 9.69 Å². The first kappa shape index (κ1) is 14.3. The van der Waals surface area contributed by atoms with Crippen molar-refractivity contribution in [2.24, 2.45) is 5.73 Å². The highest BCUT2D eigenvalue weighted by atomic mass is 79.9. The molecule has 5 nitrogen and oxygen atoms in total. The zero-order chi connectivity index (χ0) is 13.8. The van der Waals surface area contributed by atoms with Crippen molar-refractivity contribution in [3.8, 4) is 5.75 Å². The van der Waals surface area contributed by atoms with Gasteiger partial charge in [-0.25, -0.2) is 0 Å². The maximum atomic E-state index is 11.4. The normalized spacial score (nSPS) is 20.2. The summed E-state index contributed by atoms with van der Waals surface area (Å²) in [6, 6.07) is 5.53. The lowest BCUT2D eigenvalue weighted by Crippen LogP contribution is -2.51. The summed E-state index contributed by atoms with van der Waals surface area (Å²) in [5, 5.41) is 0. The minimum absolute atomic E-state index is 0.340. The molecule has 2 N–H and O–H groups in total. The van der Waals surface area contributed by atoms with Crippen LogP contribution in [0.25, 0.3) is 0 Å². The van der Waals surface area contributed by atoms with E-state index in [4.69, 9.17) is 15.2 Å². The van der Waals surface area contributed by atoms with Gasteiger partial charge in [0.25, 0.3) is 0 Å². The molecule has 1 aliphatic heterocycles. The van der Waals surface area contributed by atoms with Gasteiger partial charge in [0.15, 0.2) is 0 Å². The summed E-state index contributed by atoms with van der Waals surface area (Å²) in [4.78, 5) is 13.4. The van der Waals surface area contributed by atoms with E-state index >= 15 is 0 Å². The predicted octanol–water partition coefficient (Wildman–Crippen LogP) is 1.14. The molecule has 1 aliphatic rings. The lowest BCUT2D eigenvalue weighted by atomic mass is 10.1. The molecule has 2 rings (SSSR count). The zero-order valence-electron chi connectivity index (χ0n) is 10.8. The van der Waals surface area contributed by atoms with Gasteiger partial charge in [-0.05, 0) is 33.6 Å². The lowest BCUT2D eigenvalue weighted by molar-refractivity contribution is -0.129. The van der Waals surface area contributed by atoms with Gasteiger partial charge in [0.05, 0.1) is 24.8 Å². The SMILES string of the molecule is COc1ccc(CN2CCOCC2C(N)=O)cc1Br. The summed E-state index contributed by atoms with van der Waals surface area (Å²) >= 11 is 3.46. The fourth-order valence-corrected chi connectivity index (χ4v) is 2.72. The van der Waals surface area contributed by atoms with Crippen molar-refractivity contribution in [1.29, 1.82) is 0 Å². The second-order valence-electron chi connectivity index (χ2n) is 4.43. The van der Waals surface area contributed by atoms with Crippen LogP contribution in [0.2, 0.25) is 0 Å². The molecule has 0 bridgehead atoms. The van der Waals surface area contributed by atoms with Gasteiger partial charge in [0.1, 0.15) is 11.8 Å². The van der Waals surface area contributed by atoms with E-state index < -0.39 is 0 Å². The molecule has 1 aromatic rings. The van der Waals surface area contributed by atoms with Crippen LogP contribution in [0.15, 0.2) is 22.7 Å². The number of morpholine rings is 1. The summed E-state index contributed by atoms with van der Waals surface area (Å²) in [6.45, 7) is 2.37. The van der Waals surface area contributed by atoms with Gasteiger partial charge >= 0.3 is 0 Å². The van der Waals surface area contributed by atoms with Gasteiger partial charge in [0.2, 0.25) is 5.91 Å². The third-order valence-corrected chi connectivity index (χ3v) is 3.79. The van der Waals surface area contributed by atoms with Crippen molar-refractivity contribution in [2.75, 3.05) is 26.9 Å². The van der Waals surface area contributed by atoms with E-state index in [2.05, 4.69) is 15.9 Å². The van der Waals surface area contributed by atoms with E-state index in [-0.39, 0.29) is 11.9 Å². The summed E-state index contributed by atoms with van der Waals surface area (Å²) in [5.41, 5.74) is 6.49. The molecule has 6 heteroatoms. The standard InChI is InChI=1S/C13H17BrN2O3/c1-18-12-3-2-9(6-10(12)14)7-16-4-5-19-8-11(16)13(15)17/h2-3,6,11H,4-5,7-8H2,1H3,(H2,15,17). The molecule has 1 heterocycles. The first-order valence-corrected chi connectivity index (χ1v) is 6.84.